The van der Waals surface area contributed by atoms with Crippen molar-refractivity contribution in [2.45, 2.75) is 92.9 Å². The summed E-state index contributed by atoms with van der Waals surface area (Å²) in [6, 6.07) is 75.8. The molecule has 458 valence electrons. The first-order valence-corrected chi connectivity index (χ1v) is 33.5. The molecule has 16 rings (SSSR count). The number of halogens is 2. The molecule has 0 spiro atoms. The summed E-state index contributed by atoms with van der Waals surface area (Å²) >= 11 is 1.76. The van der Waals surface area contributed by atoms with Gasteiger partial charge in [-0.15, -0.1) is 0 Å². The second-order valence-corrected chi connectivity index (χ2v) is 27.8. The van der Waals surface area contributed by atoms with Crippen LogP contribution in [0.5, 0.6) is 0 Å². The molecule has 0 unspecified atom stereocenters. The minimum absolute atomic E-state index is 0.126. The van der Waals surface area contributed by atoms with Gasteiger partial charge in [0.25, 0.3) is 6.71 Å². The van der Waals surface area contributed by atoms with Crippen LogP contribution in [-0.2, 0) is 0 Å². The molecule has 0 saturated heterocycles. The standard InChI is InChI=1S/C84H71B2F2N5S/c1-48-34-52(5)80(53(6)35-48)89(60-24-15-13-16-25-60)62-42-73-78-74(43-62)93(84-68(87)30-23-31-69(84)88)72-47-76-67(46-66(72)85(78)64-28-19-21-32-70(64)91(73)82-56(9)38-50(3)39-57(82)10)86-65-29-20-22-33-71(65)92(83-58(11)40-51(4)41-59(83)12)75-44-63(45-77(94-76)79(75)86)90(61-26-17-14-18-27-61)81-54(7)36-49(2)37-55(81)8/h13-47H,1-12H3. The third-order valence-corrected chi connectivity index (χ3v) is 21.0. The van der Waals surface area contributed by atoms with Crippen LogP contribution >= 0.6 is 11.8 Å². The number of aryl methyl sites for hydroxylation is 12. The van der Waals surface area contributed by atoms with Crippen LogP contribution in [0.3, 0.4) is 0 Å². The number of anilines is 15. The molecule has 0 atom stereocenters. The molecule has 0 aromatic heterocycles. The molecule has 0 saturated carbocycles. The maximum atomic E-state index is 17.9. The van der Waals surface area contributed by atoms with E-state index >= 15 is 8.78 Å². The lowest BCUT2D eigenvalue weighted by Gasteiger charge is -2.46. The second kappa shape index (κ2) is 22.3. The zero-order chi connectivity index (χ0) is 64.9. The maximum Gasteiger partial charge on any atom is 0.252 e. The van der Waals surface area contributed by atoms with Gasteiger partial charge in [-0.3, -0.25) is 0 Å². The predicted octanol–water partition coefficient (Wildman–Crippen LogP) is 19.5. The van der Waals surface area contributed by atoms with Gasteiger partial charge in [0.05, 0.1) is 28.4 Å². The third-order valence-electron chi connectivity index (χ3n) is 19.9. The van der Waals surface area contributed by atoms with Gasteiger partial charge >= 0.3 is 0 Å². The Balaban J connectivity index is 1.02. The van der Waals surface area contributed by atoms with Crippen LogP contribution in [-0.4, -0.2) is 13.4 Å². The second-order valence-electron chi connectivity index (χ2n) is 26.7. The van der Waals surface area contributed by atoms with Crippen molar-refractivity contribution in [1.29, 1.82) is 0 Å². The lowest BCUT2D eigenvalue weighted by Crippen LogP contribution is -2.64. The van der Waals surface area contributed by atoms with E-state index in [9.17, 15) is 0 Å². The summed E-state index contributed by atoms with van der Waals surface area (Å²) < 4.78 is 35.7. The van der Waals surface area contributed by atoms with E-state index in [0.717, 1.165) is 128 Å². The summed E-state index contributed by atoms with van der Waals surface area (Å²) in [6.07, 6.45) is 0. The Morgan fingerprint density at radius 3 is 1.11 bits per heavy atom. The van der Waals surface area contributed by atoms with E-state index in [1.54, 1.807) is 11.8 Å². The zero-order valence-electron chi connectivity index (χ0n) is 55.3. The van der Waals surface area contributed by atoms with E-state index in [1.165, 1.54) is 73.6 Å². The van der Waals surface area contributed by atoms with Crippen molar-refractivity contribution < 1.29 is 8.78 Å². The van der Waals surface area contributed by atoms with Crippen LogP contribution in [0.2, 0.25) is 0 Å². The van der Waals surface area contributed by atoms with Gasteiger partial charge in [-0.2, -0.15) is 0 Å². The van der Waals surface area contributed by atoms with Gasteiger partial charge in [-0.05, 0) is 234 Å². The molecular formula is C84H71B2F2N5S. The largest absolute Gasteiger partial charge is 0.311 e. The van der Waals surface area contributed by atoms with Gasteiger partial charge in [0.15, 0.2) is 0 Å². The van der Waals surface area contributed by atoms with Gasteiger partial charge < -0.3 is 24.5 Å². The molecule has 4 heterocycles. The molecule has 10 heteroatoms. The molecule has 0 aliphatic carbocycles. The fourth-order valence-corrected chi connectivity index (χ4v) is 18.1. The summed E-state index contributed by atoms with van der Waals surface area (Å²) in [5, 5.41) is 0. The normalized spacial score (nSPS) is 13.1. The van der Waals surface area contributed by atoms with Crippen LogP contribution in [0.1, 0.15) is 66.8 Å². The number of hydrogen-bond donors (Lipinski definition) is 0. The van der Waals surface area contributed by atoms with Crippen molar-refractivity contribution in [3.05, 3.63) is 291 Å². The monoisotopic (exact) mass is 1240 g/mol. The minimum Gasteiger partial charge on any atom is -0.311 e. The number of hydrogen-bond acceptors (Lipinski definition) is 6. The van der Waals surface area contributed by atoms with Crippen molar-refractivity contribution in [2.24, 2.45) is 0 Å². The highest BCUT2D eigenvalue weighted by Crippen LogP contribution is 2.54. The summed E-state index contributed by atoms with van der Waals surface area (Å²) in [7, 11) is 0. The SMILES string of the molecule is Cc1cc(C)c(N(c2ccccc2)c2cc3c4c(c2)N(c2c(C)cc(C)cc2C)c2ccccc2B4c2cc4c(cc2S3)N(c2c(F)cccc2F)c2cc(N(c3ccccc3)c3c(C)cc(C)cc3C)cc3c2B4c2ccccc2N3c2c(C)cc(C)cc2C)c(C)c1. The van der Waals surface area contributed by atoms with Crippen LogP contribution < -0.4 is 57.3 Å². The van der Waals surface area contributed by atoms with Gasteiger partial charge in [-0.25, -0.2) is 8.78 Å². The Kier molecular flexibility index (Phi) is 14.0. The molecule has 0 radical (unpaired) electrons. The number of para-hydroxylation sites is 5. The first-order chi connectivity index (χ1) is 45.4. The first kappa shape index (κ1) is 59.0. The van der Waals surface area contributed by atoms with Gasteiger partial charge in [0.2, 0.25) is 6.71 Å². The maximum absolute atomic E-state index is 17.9. The van der Waals surface area contributed by atoms with E-state index < -0.39 is 11.6 Å². The average Bonchev–Trinajstić information content (AvgIpc) is 0.689. The minimum atomic E-state index is -0.650. The fraction of sp³-hybridized carbons (Fsp3) is 0.143. The van der Waals surface area contributed by atoms with Crippen LogP contribution in [0.4, 0.5) is 94.1 Å². The molecule has 0 bridgehead atoms. The summed E-state index contributed by atoms with van der Waals surface area (Å²) in [6.45, 7) is 25.8. The third kappa shape index (κ3) is 9.18. The lowest BCUT2D eigenvalue weighted by molar-refractivity contribution is 0.586. The number of rotatable bonds is 9. The quantitative estimate of drug-likeness (QED) is 0.133. The van der Waals surface area contributed by atoms with Crippen LogP contribution in [0.25, 0.3) is 0 Å². The zero-order valence-corrected chi connectivity index (χ0v) is 56.1. The molecule has 4 aliphatic rings. The topological polar surface area (TPSA) is 16.2 Å². The van der Waals surface area contributed by atoms with E-state index in [-0.39, 0.29) is 19.1 Å². The van der Waals surface area contributed by atoms with Gasteiger partial charge in [0, 0.05) is 61.0 Å². The van der Waals surface area contributed by atoms with Crippen molar-refractivity contribution in [1.82, 2.24) is 0 Å². The summed E-state index contributed by atoms with van der Waals surface area (Å²) in [5.74, 6) is -1.30. The van der Waals surface area contributed by atoms with Crippen molar-refractivity contribution in [2.75, 3.05) is 24.5 Å². The molecule has 94 heavy (non-hydrogen) atoms. The Labute approximate surface area is 556 Å². The molecule has 0 amide bonds. The van der Waals surface area contributed by atoms with Crippen molar-refractivity contribution in [3.63, 3.8) is 0 Å². The van der Waals surface area contributed by atoms with E-state index in [4.69, 9.17) is 0 Å². The Morgan fingerprint density at radius 1 is 0.287 bits per heavy atom. The van der Waals surface area contributed by atoms with E-state index in [2.05, 4.69) is 297 Å². The molecular weight excluding hydrogens is 1170 g/mol. The molecule has 12 aromatic rings. The highest BCUT2D eigenvalue weighted by Gasteiger charge is 2.49. The average molecular weight is 1240 g/mol. The fourth-order valence-electron chi connectivity index (χ4n) is 16.9. The molecule has 4 aliphatic heterocycles. The lowest BCUT2D eigenvalue weighted by atomic mass is 9.31. The number of nitrogens with zero attached hydrogens (tertiary/aromatic N) is 5. The van der Waals surface area contributed by atoms with Crippen molar-refractivity contribution in [3.8, 4) is 0 Å². The highest BCUT2D eigenvalue weighted by molar-refractivity contribution is 8.00. The Morgan fingerprint density at radius 2 is 0.660 bits per heavy atom. The Hall–Kier alpha value is -10.0. The molecule has 5 nitrogen and oxygen atoms in total. The van der Waals surface area contributed by atoms with Crippen LogP contribution in [0, 0.1) is 94.7 Å². The molecule has 0 fully saturated rings. The smallest absolute Gasteiger partial charge is 0.252 e. The highest BCUT2D eigenvalue weighted by atomic mass is 32.2. The van der Waals surface area contributed by atoms with Crippen molar-refractivity contribution >= 4 is 143 Å². The van der Waals surface area contributed by atoms with E-state index in [0.29, 0.717) is 5.69 Å². The van der Waals surface area contributed by atoms with Gasteiger partial charge in [-0.1, -0.05) is 173 Å². The van der Waals surface area contributed by atoms with E-state index in [1.807, 2.05) is 4.90 Å². The number of benzene rings is 12. The molecule has 0 N–H and O–H groups in total. The predicted molar refractivity (Wildman–Crippen MR) is 396 cm³/mol. The van der Waals surface area contributed by atoms with Gasteiger partial charge in [0.1, 0.15) is 17.3 Å². The number of fused-ring (bicyclic) bond motifs is 8. The summed E-state index contributed by atoms with van der Waals surface area (Å²) in [5.41, 5.74) is 34.5. The Bertz CT molecular complexity index is 5070. The summed E-state index contributed by atoms with van der Waals surface area (Å²) in [4.78, 5) is 13.9. The van der Waals surface area contributed by atoms with Crippen LogP contribution in [0.15, 0.2) is 222 Å². The first-order valence-electron chi connectivity index (χ1n) is 32.7. The molecule has 12 aromatic carbocycles.